The smallest absolute Gasteiger partial charge is 0.223 e. The lowest BCUT2D eigenvalue weighted by Gasteiger charge is -2.35. The number of anilines is 1. The summed E-state index contributed by atoms with van der Waals surface area (Å²) in [5.41, 5.74) is 0. The zero-order chi connectivity index (χ0) is 17.2. The monoisotopic (exact) mass is 339 g/mol. The highest BCUT2D eigenvalue weighted by atomic mass is 16.3. The van der Waals surface area contributed by atoms with Crippen LogP contribution in [0.3, 0.4) is 0 Å². The number of pyridine rings is 1. The molecule has 0 radical (unpaired) electrons. The van der Waals surface area contributed by atoms with Gasteiger partial charge in [0.2, 0.25) is 5.91 Å². The van der Waals surface area contributed by atoms with E-state index in [0.717, 1.165) is 49.4 Å². The quantitative estimate of drug-likeness (QED) is 0.840. The summed E-state index contributed by atoms with van der Waals surface area (Å²) in [6.07, 6.45) is 4.26. The summed E-state index contributed by atoms with van der Waals surface area (Å²) in [6.45, 7) is 5.46. The van der Waals surface area contributed by atoms with Gasteiger partial charge in [0.15, 0.2) is 0 Å². The second kappa shape index (κ2) is 6.90. The van der Waals surface area contributed by atoms with E-state index in [4.69, 9.17) is 4.42 Å². The summed E-state index contributed by atoms with van der Waals surface area (Å²) in [4.78, 5) is 21.1. The van der Waals surface area contributed by atoms with Crippen molar-refractivity contribution in [3.8, 4) is 0 Å². The van der Waals surface area contributed by atoms with Crippen LogP contribution in [0.15, 0.2) is 40.9 Å². The van der Waals surface area contributed by atoms with E-state index >= 15 is 0 Å². The van der Waals surface area contributed by atoms with Gasteiger partial charge in [-0.15, -0.1) is 0 Å². The van der Waals surface area contributed by atoms with Crippen LogP contribution in [0.25, 0.3) is 0 Å². The molecule has 0 spiro atoms. The zero-order valence-corrected chi connectivity index (χ0v) is 14.7. The number of carbonyl (C=O) groups is 1. The molecule has 5 nitrogen and oxygen atoms in total. The molecule has 2 atom stereocenters. The molecule has 2 aromatic heterocycles. The van der Waals surface area contributed by atoms with Crippen molar-refractivity contribution in [2.24, 2.45) is 5.92 Å². The lowest BCUT2D eigenvalue weighted by molar-refractivity contribution is -0.131. The number of piperazine rings is 1. The second-order valence-electron chi connectivity index (χ2n) is 7.18. The van der Waals surface area contributed by atoms with Crippen LogP contribution >= 0.6 is 0 Å². The lowest BCUT2D eigenvalue weighted by Crippen LogP contribution is -2.49. The topological polar surface area (TPSA) is 49.6 Å². The van der Waals surface area contributed by atoms with E-state index in [1.54, 1.807) is 0 Å². The first kappa shape index (κ1) is 16.2. The SMILES string of the molecule is C[C@@H]1C[C@H]1c1ccc(CCC(=O)N2CCN(c3ccccn3)CC2)o1. The van der Waals surface area contributed by atoms with E-state index in [1.165, 1.54) is 6.42 Å². The van der Waals surface area contributed by atoms with Crippen molar-refractivity contribution < 1.29 is 9.21 Å². The summed E-state index contributed by atoms with van der Waals surface area (Å²) >= 11 is 0. The minimum Gasteiger partial charge on any atom is -0.466 e. The zero-order valence-electron chi connectivity index (χ0n) is 14.7. The summed E-state index contributed by atoms with van der Waals surface area (Å²) < 4.78 is 5.90. The number of furan rings is 1. The lowest BCUT2D eigenvalue weighted by atomic mass is 10.2. The maximum Gasteiger partial charge on any atom is 0.223 e. The Balaban J connectivity index is 1.24. The Morgan fingerprint density at radius 3 is 2.68 bits per heavy atom. The van der Waals surface area contributed by atoms with Crippen molar-refractivity contribution >= 4 is 11.7 Å². The fraction of sp³-hybridized carbons (Fsp3) is 0.500. The van der Waals surface area contributed by atoms with Crippen molar-refractivity contribution in [3.63, 3.8) is 0 Å². The number of hydrogen-bond donors (Lipinski definition) is 0. The van der Waals surface area contributed by atoms with Crippen LogP contribution in [0.1, 0.15) is 37.2 Å². The third kappa shape index (κ3) is 3.70. The maximum atomic E-state index is 12.5. The van der Waals surface area contributed by atoms with Gasteiger partial charge in [-0.2, -0.15) is 0 Å². The van der Waals surface area contributed by atoms with Crippen molar-refractivity contribution in [1.82, 2.24) is 9.88 Å². The van der Waals surface area contributed by atoms with Crippen LogP contribution in [0.2, 0.25) is 0 Å². The molecule has 1 saturated carbocycles. The number of nitrogens with zero attached hydrogens (tertiary/aromatic N) is 3. The van der Waals surface area contributed by atoms with E-state index < -0.39 is 0 Å². The van der Waals surface area contributed by atoms with Crippen LogP contribution < -0.4 is 4.90 Å². The molecule has 0 unspecified atom stereocenters. The van der Waals surface area contributed by atoms with E-state index in [-0.39, 0.29) is 5.91 Å². The van der Waals surface area contributed by atoms with Crippen molar-refractivity contribution in [1.29, 1.82) is 0 Å². The average Bonchev–Trinajstić information content (AvgIpc) is 3.20. The first-order valence-electron chi connectivity index (χ1n) is 9.23. The van der Waals surface area contributed by atoms with Crippen LogP contribution in [-0.4, -0.2) is 42.0 Å². The summed E-state index contributed by atoms with van der Waals surface area (Å²) in [5.74, 6) is 4.60. The molecule has 2 fully saturated rings. The maximum absolute atomic E-state index is 12.5. The molecule has 0 N–H and O–H groups in total. The summed E-state index contributed by atoms with van der Waals surface area (Å²) in [6, 6.07) is 10.1. The van der Waals surface area contributed by atoms with Gasteiger partial charge in [0.05, 0.1) is 0 Å². The molecule has 1 saturated heterocycles. The van der Waals surface area contributed by atoms with E-state index in [2.05, 4.69) is 22.9 Å². The Morgan fingerprint density at radius 1 is 1.20 bits per heavy atom. The Hall–Kier alpha value is -2.30. The number of aryl methyl sites for hydroxylation is 1. The van der Waals surface area contributed by atoms with Gasteiger partial charge in [-0.1, -0.05) is 13.0 Å². The third-order valence-corrected chi connectivity index (χ3v) is 5.35. The Kier molecular flexibility index (Phi) is 4.47. The molecule has 0 aromatic carbocycles. The molecule has 0 bridgehead atoms. The molecule has 4 rings (SSSR count). The standard InChI is InChI=1S/C20H25N3O2/c1-15-14-17(15)18-7-5-16(25-18)6-8-20(24)23-12-10-22(11-13-23)19-4-2-3-9-21-19/h2-5,7,9,15,17H,6,8,10-14H2,1H3/t15-,17-/m1/s1. The van der Waals surface area contributed by atoms with Crippen LogP contribution in [-0.2, 0) is 11.2 Å². The predicted octanol–water partition coefficient (Wildman–Crippen LogP) is 3.08. The molecule has 2 aromatic rings. The fourth-order valence-electron chi connectivity index (χ4n) is 3.56. The predicted molar refractivity (Wildman–Crippen MR) is 96.6 cm³/mol. The van der Waals surface area contributed by atoms with E-state index in [0.29, 0.717) is 18.8 Å². The van der Waals surface area contributed by atoms with Gasteiger partial charge in [-0.25, -0.2) is 4.98 Å². The molecule has 1 amide bonds. The summed E-state index contributed by atoms with van der Waals surface area (Å²) in [5, 5.41) is 0. The highest BCUT2D eigenvalue weighted by Crippen LogP contribution is 2.47. The van der Waals surface area contributed by atoms with E-state index in [1.807, 2.05) is 35.4 Å². The van der Waals surface area contributed by atoms with Crippen LogP contribution in [0.5, 0.6) is 0 Å². The Morgan fingerprint density at radius 2 is 2.00 bits per heavy atom. The first-order valence-corrected chi connectivity index (χ1v) is 9.23. The fourth-order valence-corrected chi connectivity index (χ4v) is 3.56. The third-order valence-electron chi connectivity index (χ3n) is 5.35. The molecule has 2 aliphatic rings. The van der Waals surface area contributed by atoms with Crippen molar-refractivity contribution in [2.45, 2.75) is 32.1 Å². The highest BCUT2D eigenvalue weighted by Gasteiger charge is 2.36. The highest BCUT2D eigenvalue weighted by molar-refractivity contribution is 5.76. The van der Waals surface area contributed by atoms with Gasteiger partial charge in [0, 0.05) is 51.1 Å². The normalized spacial score (nSPS) is 22.9. The number of aromatic nitrogens is 1. The minimum atomic E-state index is 0.221. The molecule has 1 aliphatic heterocycles. The second-order valence-corrected chi connectivity index (χ2v) is 7.18. The van der Waals surface area contributed by atoms with Gasteiger partial charge in [0.1, 0.15) is 17.3 Å². The number of amides is 1. The average molecular weight is 339 g/mol. The Bertz CT molecular complexity index is 720. The molecule has 1 aliphatic carbocycles. The molecular weight excluding hydrogens is 314 g/mol. The van der Waals surface area contributed by atoms with Crippen molar-refractivity contribution in [3.05, 3.63) is 48.0 Å². The van der Waals surface area contributed by atoms with Crippen molar-refractivity contribution in [2.75, 3.05) is 31.1 Å². The van der Waals surface area contributed by atoms with Gasteiger partial charge < -0.3 is 14.2 Å². The molecular formula is C20H25N3O2. The Labute approximate surface area is 148 Å². The number of hydrogen-bond acceptors (Lipinski definition) is 4. The molecule has 3 heterocycles. The largest absolute Gasteiger partial charge is 0.466 e. The van der Waals surface area contributed by atoms with Gasteiger partial charge in [-0.3, -0.25) is 4.79 Å². The van der Waals surface area contributed by atoms with Gasteiger partial charge in [0.25, 0.3) is 0 Å². The van der Waals surface area contributed by atoms with Crippen LogP contribution in [0.4, 0.5) is 5.82 Å². The van der Waals surface area contributed by atoms with Crippen LogP contribution in [0, 0.1) is 5.92 Å². The number of rotatable bonds is 5. The first-order chi connectivity index (χ1) is 12.2. The number of carbonyl (C=O) groups excluding carboxylic acids is 1. The minimum absolute atomic E-state index is 0.221. The van der Waals surface area contributed by atoms with Gasteiger partial charge >= 0.3 is 0 Å². The summed E-state index contributed by atoms with van der Waals surface area (Å²) in [7, 11) is 0. The molecule has 25 heavy (non-hydrogen) atoms. The van der Waals surface area contributed by atoms with E-state index in [9.17, 15) is 4.79 Å². The van der Waals surface area contributed by atoms with Gasteiger partial charge in [-0.05, 0) is 36.6 Å². The molecule has 5 heteroatoms. The molecule has 132 valence electrons.